The molecule has 1 aromatic carbocycles. The first-order chi connectivity index (χ1) is 31.2. The third kappa shape index (κ3) is 13.9. The van der Waals surface area contributed by atoms with E-state index in [1.807, 2.05) is 75.1 Å². The molecular weight excluding hydrogens is 899 g/mol. The average Bonchev–Trinajstić information content (AvgIpc) is 3.68. The zero-order chi connectivity index (χ0) is 48.3. The van der Waals surface area contributed by atoms with Gasteiger partial charge in [0.1, 0.15) is 24.7 Å². The van der Waals surface area contributed by atoms with Crippen molar-refractivity contribution in [2.24, 2.45) is 0 Å². The van der Waals surface area contributed by atoms with Crippen molar-refractivity contribution in [3.8, 4) is 11.3 Å². The molecule has 1 aromatic rings. The van der Waals surface area contributed by atoms with Crippen LogP contribution in [0.5, 0.6) is 0 Å². The third-order valence-corrected chi connectivity index (χ3v) is 13.0. The zero-order valence-corrected chi connectivity index (χ0v) is 40.1. The second kappa shape index (κ2) is 22.8. The highest BCUT2D eigenvalue weighted by atomic mass is 32.2. The molecule has 20 heteroatoms. The van der Waals surface area contributed by atoms with Crippen LogP contribution in [0.15, 0.2) is 69.6 Å². The molecule has 3 aliphatic heterocycles. The quantitative estimate of drug-likeness (QED) is 0.0534. The van der Waals surface area contributed by atoms with Crippen LogP contribution in [0.4, 0.5) is 5.69 Å². The van der Waals surface area contributed by atoms with Crippen LogP contribution in [0.1, 0.15) is 83.1 Å². The van der Waals surface area contributed by atoms with E-state index in [0.717, 1.165) is 16.5 Å². The molecule has 1 atom stereocenters. The van der Waals surface area contributed by atoms with Gasteiger partial charge in [-0.3, -0.25) is 18.7 Å². The number of hydrogen-bond donors (Lipinski definition) is 2. The lowest BCUT2D eigenvalue weighted by Gasteiger charge is -2.30. The van der Waals surface area contributed by atoms with Crippen LogP contribution in [0.2, 0.25) is 0 Å². The summed E-state index contributed by atoms with van der Waals surface area (Å²) in [6, 6.07) is 12.1. The molecule has 4 aliphatic rings. The van der Waals surface area contributed by atoms with E-state index in [9.17, 15) is 40.3 Å². The van der Waals surface area contributed by atoms with Gasteiger partial charge in [-0.25, -0.2) is 9.37 Å². The second-order valence-corrected chi connectivity index (χ2v) is 20.3. The first-order valence-corrected chi connectivity index (χ1v) is 24.8. The highest BCUT2D eigenvalue weighted by Crippen LogP contribution is 2.51. The van der Waals surface area contributed by atoms with E-state index in [1.165, 1.54) is 18.2 Å². The van der Waals surface area contributed by atoms with Gasteiger partial charge in [-0.1, -0.05) is 32.9 Å². The Labute approximate surface area is 386 Å². The minimum atomic E-state index is -4.66. The predicted molar refractivity (Wildman–Crippen MR) is 245 cm³/mol. The molecule has 0 saturated carbocycles. The smallest absolute Gasteiger partial charge is 0.333 e. The fraction of sp³-hybridized carbons (Fsp3) is 0.522. The van der Waals surface area contributed by atoms with E-state index in [0.29, 0.717) is 86.3 Å². The van der Waals surface area contributed by atoms with E-state index >= 15 is 0 Å². The molecule has 66 heavy (non-hydrogen) atoms. The Morgan fingerprint density at radius 1 is 0.879 bits per heavy atom. The summed E-state index contributed by atoms with van der Waals surface area (Å²) < 4.78 is 98.8. The largest absolute Gasteiger partial charge is 0.460 e. The first kappa shape index (κ1) is 52.2. The second-order valence-electron chi connectivity index (χ2n) is 17.3. The molecule has 1 aliphatic carbocycles. The Morgan fingerprint density at radius 2 is 1.53 bits per heavy atom. The number of hydroxylamine groups is 2. The number of nitrogens with zero attached hydrogens (tertiary/aromatic N) is 3. The Bertz CT molecular complexity index is 2510. The molecule has 0 aromatic heterocycles. The van der Waals surface area contributed by atoms with E-state index < -0.39 is 54.6 Å². The summed E-state index contributed by atoms with van der Waals surface area (Å²) in [5.74, 6) is -1.24. The minimum Gasteiger partial charge on any atom is -0.460 e. The van der Waals surface area contributed by atoms with Crippen molar-refractivity contribution in [2.45, 2.75) is 81.9 Å². The molecule has 5 rings (SSSR count). The molecule has 0 spiro atoms. The highest BCUT2D eigenvalue weighted by Gasteiger charge is 2.44. The van der Waals surface area contributed by atoms with Crippen molar-refractivity contribution in [1.82, 2.24) is 9.64 Å². The van der Waals surface area contributed by atoms with Gasteiger partial charge in [-0.05, 0) is 73.7 Å². The molecule has 2 amide bonds. The van der Waals surface area contributed by atoms with Gasteiger partial charge in [0, 0.05) is 73.9 Å². The maximum atomic E-state index is 12.9. The van der Waals surface area contributed by atoms with Crippen LogP contribution in [-0.4, -0.2) is 128 Å². The Morgan fingerprint density at radius 3 is 2.12 bits per heavy atom. The van der Waals surface area contributed by atoms with Gasteiger partial charge >= 0.3 is 5.97 Å². The summed E-state index contributed by atoms with van der Waals surface area (Å²) in [5, 5.41) is 1.37. The number of carbonyl (C=O) groups is 3. The van der Waals surface area contributed by atoms with Gasteiger partial charge in [-0.15, -0.1) is 5.06 Å². The molecule has 0 bridgehead atoms. The summed E-state index contributed by atoms with van der Waals surface area (Å²) in [4.78, 5) is 43.7. The van der Waals surface area contributed by atoms with Crippen LogP contribution in [0.3, 0.4) is 0 Å². The fourth-order valence-corrected chi connectivity index (χ4v) is 8.85. The molecule has 1 fully saturated rings. The molecule has 0 radical (unpaired) electrons. The van der Waals surface area contributed by atoms with Crippen LogP contribution < -0.4 is 14.8 Å². The standard InChI is InChI=1S/C46H61N3O15S2/c1-45(2,3)41-30-33(36-15-13-34(31-39(36)63-41)47(21-23-61-27-25-59-5)22-24-62-28-26-60-6)10-7-11-40-46(4,19-8-12-44(52)64-49-42(50)17-18-43(49)51)37-32-35(66(56,57)58)14-16-38(37)48(40)20-9-29-65(53,54)55/h7,10-11,13-16,30-32H,8-9,12,17-29H2,1-6H3,(H-,53,54,55,56,57,58)/p+1. The van der Waals surface area contributed by atoms with E-state index in [-0.39, 0.29) is 50.0 Å². The van der Waals surface area contributed by atoms with E-state index in [2.05, 4.69) is 4.58 Å². The van der Waals surface area contributed by atoms with Crippen LogP contribution in [-0.2, 0) is 69.2 Å². The van der Waals surface area contributed by atoms with Gasteiger partial charge < -0.3 is 33.1 Å². The van der Waals surface area contributed by atoms with E-state index in [1.54, 1.807) is 14.2 Å². The number of allylic oxidation sites excluding steroid dienone is 3. The lowest BCUT2D eigenvalue weighted by molar-refractivity contribution is -0.197. The molecular formula is C46H62N3O15S2+. The normalized spacial score (nSPS) is 17.5. The molecule has 1 saturated heterocycles. The number of fused-ring (bicyclic) bond motifs is 2. The lowest BCUT2D eigenvalue weighted by atomic mass is 9.77. The Kier molecular flexibility index (Phi) is 18.0. The van der Waals surface area contributed by atoms with Gasteiger partial charge in [0.2, 0.25) is 5.36 Å². The van der Waals surface area contributed by atoms with E-state index in [4.69, 9.17) is 28.2 Å². The molecule has 18 nitrogen and oxygen atoms in total. The average molecular weight is 961 g/mol. The zero-order valence-electron chi connectivity index (χ0n) is 38.4. The third-order valence-electron chi connectivity index (χ3n) is 11.3. The van der Waals surface area contributed by atoms with Crippen molar-refractivity contribution in [3.63, 3.8) is 0 Å². The number of methoxy groups -OCH3 is 2. The number of benzene rings is 2. The monoisotopic (exact) mass is 960 g/mol. The van der Waals surface area contributed by atoms with Crippen LogP contribution in [0, 0.1) is 0 Å². The van der Waals surface area contributed by atoms with Crippen LogP contribution >= 0.6 is 0 Å². The summed E-state index contributed by atoms with van der Waals surface area (Å²) in [6.45, 7) is 12.0. The number of ether oxygens (including phenoxy) is 4. The number of rotatable bonds is 24. The SMILES string of the molecule is COCCOCC[N+](CCOCCOC)=c1ccc2c(/C=C/C=C3\N(CCCS(=O)(=O)O)c4ccc(S(=O)(=O)O)cc4C3(C)CCCC(=O)ON3C(=O)CCC3=O)cc(C(C)(C)C)oc-2c1. The number of imide groups is 1. The number of hydrogen-bond acceptors (Lipinski definition) is 14. The number of carbonyl (C=O) groups excluding carboxylic acids is 3. The highest BCUT2D eigenvalue weighted by molar-refractivity contribution is 7.86. The molecule has 3 heterocycles. The lowest BCUT2D eigenvalue weighted by Crippen LogP contribution is -2.36. The number of amides is 2. The van der Waals surface area contributed by atoms with Gasteiger partial charge in [-0.2, -0.15) is 16.8 Å². The maximum Gasteiger partial charge on any atom is 0.333 e. The van der Waals surface area contributed by atoms with Crippen LogP contribution in [0.25, 0.3) is 17.4 Å². The summed E-state index contributed by atoms with van der Waals surface area (Å²) in [5.41, 5.74) is 1.79. The van der Waals surface area contributed by atoms with Crippen molar-refractivity contribution in [2.75, 3.05) is 84.1 Å². The fourth-order valence-electron chi connectivity index (χ4n) is 7.85. The summed E-state index contributed by atoms with van der Waals surface area (Å²) >= 11 is 0. The topological polar surface area (TPSA) is 229 Å². The summed E-state index contributed by atoms with van der Waals surface area (Å²) in [6.07, 6.45) is 5.59. The number of anilines is 1. The predicted octanol–water partition coefficient (Wildman–Crippen LogP) is 4.76. The van der Waals surface area contributed by atoms with Crippen molar-refractivity contribution >= 4 is 49.8 Å². The maximum absolute atomic E-state index is 12.9. The van der Waals surface area contributed by atoms with Gasteiger partial charge in [0.25, 0.3) is 32.1 Å². The molecule has 1 unspecified atom stereocenters. The van der Waals surface area contributed by atoms with Crippen molar-refractivity contribution in [1.29, 1.82) is 0 Å². The minimum absolute atomic E-state index is 0.00262. The van der Waals surface area contributed by atoms with Crippen molar-refractivity contribution in [3.05, 3.63) is 82.6 Å². The first-order valence-electron chi connectivity index (χ1n) is 21.8. The van der Waals surface area contributed by atoms with Gasteiger partial charge in [0.15, 0.2) is 13.1 Å². The van der Waals surface area contributed by atoms with Crippen molar-refractivity contribution < 1.29 is 68.5 Å². The van der Waals surface area contributed by atoms with Gasteiger partial charge in [0.05, 0.1) is 43.1 Å². The summed E-state index contributed by atoms with van der Waals surface area (Å²) in [7, 11) is -5.75. The Hall–Kier alpha value is -4.80. The molecule has 2 N–H and O–H groups in total. The molecule has 362 valence electrons. The Balaban J connectivity index is 1.58.